The highest BCUT2D eigenvalue weighted by atomic mass is 35.5. The van der Waals surface area contributed by atoms with Crippen LogP contribution >= 0.6 is 11.6 Å². The first-order valence-corrected chi connectivity index (χ1v) is 10.4. The summed E-state index contributed by atoms with van der Waals surface area (Å²) in [6.07, 6.45) is 0.607. The Morgan fingerprint density at radius 2 is 1.74 bits per heavy atom. The molecule has 31 heavy (non-hydrogen) atoms. The number of methoxy groups -OCH3 is 2. The number of ether oxygens (including phenoxy) is 2. The monoisotopic (exact) mass is 439 g/mol. The Morgan fingerprint density at radius 3 is 2.39 bits per heavy atom. The van der Waals surface area contributed by atoms with Gasteiger partial charge in [-0.3, -0.25) is 4.79 Å². The molecule has 6 heteroatoms. The molecule has 3 aromatic rings. The number of aryl methyl sites for hydroxylation is 1. The fourth-order valence-electron chi connectivity index (χ4n) is 4.11. The van der Waals surface area contributed by atoms with Crippen molar-refractivity contribution in [3.05, 3.63) is 93.3 Å². The van der Waals surface area contributed by atoms with Crippen LogP contribution in [-0.4, -0.2) is 31.6 Å². The molecule has 0 bridgehead atoms. The smallest absolute Gasteiger partial charge is 0.254 e. The van der Waals surface area contributed by atoms with Crippen LogP contribution in [0.4, 0.5) is 4.39 Å². The number of fused-ring (bicyclic) bond motifs is 1. The molecule has 1 aliphatic rings. The second-order valence-corrected chi connectivity index (χ2v) is 7.97. The van der Waals surface area contributed by atoms with Crippen LogP contribution < -0.4 is 9.47 Å². The molecule has 0 N–H and O–H groups in total. The summed E-state index contributed by atoms with van der Waals surface area (Å²) < 4.78 is 26.0. The Hall–Kier alpha value is -3.05. The zero-order chi connectivity index (χ0) is 22.1. The summed E-state index contributed by atoms with van der Waals surface area (Å²) in [4.78, 5) is 15.2. The summed E-state index contributed by atoms with van der Waals surface area (Å²) in [7, 11) is 3.12. The molecule has 4 nitrogen and oxygen atoms in total. The maximum atomic E-state index is 15.1. The Morgan fingerprint density at radius 1 is 1.06 bits per heavy atom. The van der Waals surface area contributed by atoms with Gasteiger partial charge in [0.1, 0.15) is 5.82 Å². The van der Waals surface area contributed by atoms with Crippen LogP contribution in [-0.2, 0) is 6.42 Å². The Kier molecular flexibility index (Phi) is 5.88. The summed E-state index contributed by atoms with van der Waals surface area (Å²) in [5.41, 5.74) is 3.63. The van der Waals surface area contributed by atoms with Crippen molar-refractivity contribution in [1.82, 2.24) is 4.90 Å². The lowest BCUT2D eigenvalue weighted by molar-refractivity contribution is 0.0691. The number of benzene rings is 3. The van der Waals surface area contributed by atoms with Crippen molar-refractivity contribution >= 4 is 17.5 Å². The van der Waals surface area contributed by atoms with E-state index in [0.717, 1.165) is 16.7 Å². The van der Waals surface area contributed by atoms with Gasteiger partial charge < -0.3 is 14.4 Å². The second-order valence-electron chi connectivity index (χ2n) is 7.56. The van der Waals surface area contributed by atoms with Crippen molar-refractivity contribution in [3.63, 3.8) is 0 Å². The van der Waals surface area contributed by atoms with Crippen LogP contribution in [0, 0.1) is 12.7 Å². The lowest BCUT2D eigenvalue weighted by atomic mass is 9.86. The Balaban J connectivity index is 1.90. The molecular formula is C25H23ClFNO3. The van der Waals surface area contributed by atoms with Crippen LogP contribution in [0.25, 0.3) is 0 Å². The van der Waals surface area contributed by atoms with E-state index in [1.54, 1.807) is 43.4 Å². The SMILES string of the molecule is COc1cc2c(cc1OC)C(c1c(F)cccc1Cl)N(C(=O)c1ccc(C)cc1)CC2. The van der Waals surface area contributed by atoms with E-state index in [0.29, 0.717) is 30.0 Å². The number of nitrogens with zero attached hydrogens (tertiary/aromatic N) is 1. The molecule has 1 heterocycles. The second kappa shape index (κ2) is 8.60. The maximum Gasteiger partial charge on any atom is 0.254 e. The predicted molar refractivity (Wildman–Crippen MR) is 119 cm³/mol. The molecule has 1 atom stereocenters. The fraction of sp³-hybridized carbons (Fsp3) is 0.240. The normalized spacial score (nSPS) is 15.4. The largest absolute Gasteiger partial charge is 0.493 e. The van der Waals surface area contributed by atoms with Gasteiger partial charge in [0.05, 0.1) is 20.3 Å². The molecule has 0 aliphatic carbocycles. The first kappa shape index (κ1) is 21.2. The van der Waals surface area contributed by atoms with Crippen LogP contribution in [0.3, 0.4) is 0 Å². The molecule has 4 rings (SSSR count). The van der Waals surface area contributed by atoms with Crippen LogP contribution in [0.5, 0.6) is 11.5 Å². The minimum Gasteiger partial charge on any atom is -0.493 e. The van der Waals surface area contributed by atoms with Crippen molar-refractivity contribution in [2.45, 2.75) is 19.4 Å². The van der Waals surface area contributed by atoms with E-state index in [1.165, 1.54) is 6.07 Å². The highest BCUT2D eigenvalue weighted by molar-refractivity contribution is 6.31. The summed E-state index contributed by atoms with van der Waals surface area (Å²) in [6.45, 7) is 2.39. The van der Waals surface area contributed by atoms with Gasteiger partial charge in [0.2, 0.25) is 0 Å². The number of rotatable bonds is 4. The summed E-state index contributed by atoms with van der Waals surface area (Å²) in [6, 6.07) is 15.0. The Bertz CT molecular complexity index is 1110. The first-order valence-electron chi connectivity index (χ1n) is 10.0. The first-order chi connectivity index (χ1) is 14.9. The quantitative estimate of drug-likeness (QED) is 0.531. The molecule has 1 unspecified atom stereocenters. The molecule has 1 amide bonds. The zero-order valence-electron chi connectivity index (χ0n) is 17.6. The molecule has 0 spiro atoms. The number of amides is 1. The van der Waals surface area contributed by atoms with E-state index in [9.17, 15) is 4.79 Å². The number of carbonyl (C=O) groups excluding carboxylic acids is 1. The molecule has 3 aromatic carbocycles. The van der Waals surface area contributed by atoms with Crippen molar-refractivity contribution in [3.8, 4) is 11.5 Å². The van der Waals surface area contributed by atoms with Crippen molar-refractivity contribution in [2.24, 2.45) is 0 Å². The van der Waals surface area contributed by atoms with E-state index in [1.807, 2.05) is 31.2 Å². The average Bonchev–Trinajstić information content (AvgIpc) is 2.78. The van der Waals surface area contributed by atoms with E-state index >= 15 is 4.39 Å². The third-order valence-electron chi connectivity index (χ3n) is 5.71. The van der Waals surface area contributed by atoms with Crippen LogP contribution in [0.15, 0.2) is 54.6 Å². The standard InChI is InChI=1S/C25H23ClFNO3/c1-15-7-9-16(10-8-15)25(29)28-12-11-17-13-21(30-2)22(31-3)14-18(17)24(28)23-19(26)5-4-6-20(23)27/h4-10,13-14,24H,11-12H2,1-3H3. The summed E-state index contributed by atoms with van der Waals surface area (Å²) in [5.74, 6) is 0.480. The third kappa shape index (κ3) is 3.86. The number of halogens is 2. The lowest BCUT2D eigenvalue weighted by Crippen LogP contribution is -2.41. The maximum absolute atomic E-state index is 15.1. The van der Waals surface area contributed by atoms with Gasteiger partial charge in [-0.05, 0) is 60.9 Å². The van der Waals surface area contributed by atoms with Crippen molar-refractivity contribution in [1.29, 1.82) is 0 Å². The topological polar surface area (TPSA) is 38.8 Å². The van der Waals surface area contributed by atoms with Gasteiger partial charge in [-0.2, -0.15) is 0 Å². The number of hydrogen-bond acceptors (Lipinski definition) is 3. The van der Waals surface area contributed by atoms with E-state index in [-0.39, 0.29) is 16.5 Å². The zero-order valence-corrected chi connectivity index (χ0v) is 18.4. The number of carbonyl (C=O) groups is 1. The fourth-order valence-corrected chi connectivity index (χ4v) is 4.38. The van der Waals surface area contributed by atoms with Gasteiger partial charge in [0.15, 0.2) is 11.5 Å². The highest BCUT2D eigenvalue weighted by Gasteiger charge is 2.36. The van der Waals surface area contributed by atoms with E-state index in [4.69, 9.17) is 21.1 Å². The molecular weight excluding hydrogens is 417 g/mol. The lowest BCUT2D eigenvalue weighted by Gasteiger charge is -2.38. The molecule has 160 valence electrons. The van der Waals surface area contributed by atoms with Gasteiger partial charge in [-0.25, -0.2) is 4.39 Å². The predicted octanol–water partition coefficient (Wildman–Crippen LogP) is 5.59. The van der Waals surface area contributed by atoms with Crippen LogP contribution in [0.1, 0.15) is 38.7 Å². The van der Waals surface area contributed by atoms with Crippen LogP contribution in [0.2, 0.25) is 5.02 Å². The van der Waals surface area contributed by atoms with Gasteiger partial charge in [0, 0.05) is 22.7 Å². The molecule has 1 aliphatic heterocycles. The van der Waals surface area contributed by atoms with Crippen molar-refractivity contribution in [2.75, 3.05) is 20.8 Å². The molecule has 0 aromatic heterocycles. The third-order valence-corrected chi connectivity index (χ3v) is 6.04. The van der Waals surface area contributed by atoms with Gasteiger partial charge in [-0.1, -0.05) is 35.4 Å². The van der Waals surface area contributed by atoms with E-state index in [2.05, 4.69) is 0 Å². The summed E-state index contributed by atoms with van der Waals surface area (Å²) >= 11 is 6.46. The Labute approximate surface area is 186 Å². The molecule has 0 fully saturated rings. The minimum absolute atomic E-state index is 0.176. The summed E-state index contributed by atoms with van der Waals surface area (Å²) in [5, 5.41) is 0.273. The molecule has 0 saturated heterocycles. The minimum atomic E-state index is -0.689. The van der Waals surface area contributed by atoms with Gasteiger partial charge in [0.25, 0.3) is 5.91 Å². The average molecular weight is 440 g/mol. The van der Waals surface area contributed by atoms with Gasteiger partial charge in [-0.15, -0.1) is 0 Å². The highest BCUT2D eigenvalue weighted by Crippen LogP contribution is 2.44. The molecule has 0 saturated carbocycles. The van der Waals surface area contributed by atoms with Crippen molar-refractivity contribution < 1.29 is 18.7 Å². The number of hydrogen-bond donors (Lipinski definition) is 0. The molecule has 0 radical (unpaired) electrons. The van der Waals surface area contributed by atoms with E-state index < -0.39 is 11.9 Å². The van der Waals surface area contributed by atoms with Gasteiger partial charge >= 0.3 is 0 Å².